The van der Waals surface area contributed by atoms with E-state index in [-0.39, 0.29) is 23.5 Å². The van der Waals surface area contributed by atoms with E-state index in [4.69, 9.17) is 9.84 Å². The highest BCUT2D eigenvalue weighted by Crippen LogP contribution is 2.24. The van der Waals surface area contributed by atoms with E-state index in [9.17, 15) is 8.42 Å². The first-order valence-corrected chi connectivity index (χ1v) is 8.72. The number of rotatable bonds is 5. The lowest BCUT2D eigenvalue weighted by atomic mass is 10.0. The Morgan fingerprint density at radius 3 is 2.80 bits per heavy atom. The van der Waals surface area contributed by atoms with Gasteiger partial charge in [0.15, 0.2) is 0 Å². The number of ether oxygens (including phenoxy) is 1. The van der Waals surface area contributed by atoms with Crippen LogP contribution in [0.25, 0.3) is 0 Å². The second-order valence-electron chi connectivity index (χ2n) is 4.90. The highest BCUT2D eigenvalue weighted by molar-refractivity contribution is 9.10. The largest absolute Gasteiger partial charge is 0.392 e. The van der Waals surface area contributed by atoms with Crippen molar-refractivity contribution in [2.75, 3.05) is 13.2 Å². The summed E-state index contributed by atoms with van der Waals surface area (Å²) in [6, 6.07) is 4.70. The molecular formula is C13H18BrNO4S. The van der Waals surface area contributed by atoms with Crippen LogP contribution in [0.5, 0.6) is 0 Å². The Balaban J connectivity index is 2.10. The van der Waals surface area contributed by atoms with Crippen LogP contribution in [0.2, 0.25) is 0 Å². The standard InChI is InChI=1S/C13H18BrNO4S/c1-9-11(4-5-19-9)7-15-20(17,18)13-3-2-10(8-16)6-12(13)14/h2-3,6,9,11,15-16H,4-5,7-8H2,1H3. The summed E-state index contributed by atoms with van der Waals surface area (Å²) in [4.78, 5) is 0.182. The molecule has 5 nitrogen and oxygen atoms in total. The van der Waals surface area contributed by atoms with Crippen LogP contribution in [0.4, 0.5) is 0 Å². The molecule has 0 aliphatic carbocycles. The molecule has 1 saturated heterocycles. The minimum Gasteiger partial charge on any atom is -0.392 e. The summed E-state index contributed by atoms with van der Waals surface area (Å²) < 4.78 is 33.0. The molecule has 0 spiro atoms. The molecule has 0 amide bonds. The number of benzene rings is 1. The summed E-state index contributed by atoms with van der Waals surface area (Å²) in [5.74, 6) is 0.209. The predicted octanol–water partition coefficient (Wildman–Crippen LogP) is 1.64. The van der Waals surface area contributed by atoms with Crippen LogP contribution in [-0.2, 0) is 21.4 Å². The SMILES string of the molecule is CC1OCCC1CNS(=O)(=O)c1ccc(CO)cc1Br. The van der Waals surface area contributed by atoms with Crippen molar-refractivity contribution in [2.24, 2.45) is 5.92 Å². The number of hydrogen-bond acceptors (Lipinski definition) is 4. The Labute approximate surface area is 127 Å². The topological polar surface area (TPSA) is 75.6 Å². The van der Waals surface area contributed by atoms with Gasteiger partial charge in [0.25, 0.3) is 0 Å². The number of aliphatic hydroxyl groups is 1. The first-order valence-electron chi connectivity index (χ1n) is 6.44. The molecule has 112 valence electrons. The maximum absolute atomic E-state index is 12.3. The molecule has 1 aliphatic rings. The van der Waals surface area contributed by atoms with Crippen molar-refractivity contribution in [1.29, 1.82) is 0 Å². The van der Waals surface area contributed by atoms with E-state index in [2.05, 4.69) is 20.7 Å². The molecule has 2 N–H and O–H groups in total. The van der Waals surface area contributed by atoms with Gasteiger partial charge in [0, 0.05) is 23.5 Å². The molecule has 7 heteroatoms. The molecular weight excluding hydrogens is 346 g/mol. The molecule has 0 saturated carbocycles. The molecule has 0 bridgehead atoms. The molecule has 0 aromatic heterocycles. The molecule has 1 heterocycles. The quantitative estimate of drug-likeness (QED) is 0.833. The molecule has 1 aromatic rings. The zero-order chi connectivity index (χ0) is 14.8. The Bertz CT molecular complexity index is 576. The van der Waals surface area contributed by atoms with E-state index in [1.54, 1.807) is 12.1 Å². The average molecular weight is 364 g/mol. The predicted molar refractivity (Wildman–Crippen MR) is 78.8 cm³/mol. The Kier molecular flexibility index (Phi) is 5.19. The minimum absolute atomic E-state index is 0.0814. The summed E-state index contributed by atoms with van der Waals surface area (Å²) >= 11 is 3.23. The molecule has 2 rings (SSSR count). The lowest BCUT2D eigenvalue weighted by molar-refractivity contribution is 0.107. The van der Waals surface area contributed by atoms with E-state index in [0.29, 0.717) is 23.2 Å². The van der Waals surface area contributed by atoms with Crippen LogP contribution >= 0.6 is 15.9 Å². The van der Waals surface area contributed by atoms with Crippen LogP contribution in [-0.4, -0.2) is 32.8 Å². The zero-order valence-electron chi connectivity index (χ0n) is 11.2. The Morgan fingerprint density at radius 1 is 1.50 bits per heavy atom. The van der Waals surface area contributed by atoms with Gasteiger partial charge in [0.1, 0.15) is 0 Å². The smallest absolute Gasteiger partial charge is 0.241 e. The van der Waals surface area contributed by atoms with Gasteiger partial charge in [0.2, 0.25) is 10.0 Å². The second kappa shape index (κ2) is 6.53. The minimum atomic E-state index is -3.56. The van der Waals surface area contributed by atoms with Crippen molar-refractivity contribution in [3.05, 3.63) is 28.2 Å². The lowest BCUT2D eigenvalue weighted by Crippen LogP contribution is -2.32. The summed E-state index contributed by atoms with van der Waals surface area (Å²) in [6.07, 6.45) is 0.951. The van der Waals surface area contributed by atoms with Gasteiger partial charge < -0.3 is 9.84 Å². The van der Waals surface area contributed by atoms with Crippen LogP contribution < -0.4 is 4.72 Å². The number of halogens is 1. The summed E-state index contributed by atoms with van der Waals surface area (Å²) in [7, 11) is -3.56. The van der Waals surface area contributed by atoms with Crippen molar-refractivity contribution in [1.82, 2.24) is 4.72 Å². The van der Waals surface area contributed by atoms with Gasteiger partial charge >= 0.3 is 0 Å². The Morgan fingerprint density at radius 2 is 2.25 bits per heavy atom. The van der Waals surface area contributed by atoms with E-state index in [1.807, 2.05) is 6.92 Å². The van der Waals surface area contributed by atoms with Crippen LogP contribution in [0.15, 0.2) is 27.6 Å². The fraction of sp³-hybridized carbons (Fsp3) is 0.538. The van der Waals surface area contributed by atoms with Gasteiger partial charge in [-0.2, -0.15) is 0 Å². The monoisotopic (exact) mass is 363 g/mol. The second-order valence-corrected chi connectivity index (χ2v) is 7.49. The van der Waals surface area contributed by atoms with Gasteiger partial charge in [-0.1, -0.05) is 6.07 Å². The van der Waals surface area contributed by atoms with Gasteiger partial charge in [-0.05, 0) is 47.0 Å². The highest BCUT2D eigenvalue weighted by Gasteiger charge is 2.26. The maximum atomic E-state index is 12.3. The number of aliphatic hydroxyl groups excluding tert-OH is 1. The first kappa shape index (κ1) is 15.9. The van der Waals surface area contributed by atoms with Crippen molar-refractivity contribution in [3.63, 3.8) is 0 Å². The van der Waals surface area contributed by atoms with Crippen molar-refractivity contribution in [3.8, 4) is 0 Å². The maximum Gasteiger partial charge on any atom is 0.241 e. The molecule has 0 radical (unpaired) electrons. The highest BCUT2D eigenvalue weighted by atomic mass is 79.9. The van der Waals surface area contributed by atoms with Crippen molar-refractivity contribution in [2.45, 2.75) is 31.0 Å². The van der Waals surface area contributed by atoms with Gasteiger partial charge in [-0.15, -0.1) is 0 Å². The molecule has 1 aliphatic heterocycles. The van der Waals surface area contributed by atoms with Gasteiger partial charge in [0.05, 0.1) is 17.6 Å². The fourth-order valence-electron chi connectivity index (χ4n) is 2.20. The van der Waals surface area contributed by atoms with Crippen molar-refractivity contribution < 1.29 is 18.3 Å². The molecule has 20 heavy (non-hydrogen) atoms. The van der Waals surface area contributed by atoms with Crippen LogP contribution in [0.3, 0.4) is 0 Å². The van der Waals surface area contributed by atoms with Crippen LogP contribution in [0.1, 0.15) is 18.9 Å². The average Bonchev–Trinajstić information content (AvgIpc) is 2.81. The molecule has 1 fully saturated rings. The summed E-state index contributed by atoms with van der Waals surface area (Å²) in [5, 5.41) is 9.03. The summed E-state index contributed by atoms with van der Waals surface area (Å²) in [5.41, 5.74) is 0.661. The van der Waals surface area contributed by atoms with Crippen molar-refractivity contribution >= 4 is 26.0 Å². The lowest BCUT2D eigenvalue weighted by Gasteiger charge is -2.15. The number of sulfonamides is 1. The molecule has 2 unspecified atom stereocenters. The molecule has 2 atom stereocenters. The summed E-state index contributed by atoms with van der Waals surface area (Å²) in [6.45, 7) is 2.89. The normalized spacial score (nSPS) is 23.1. The first-order chi connectivity index (χ1) is 9.44. The molecule has 1 aromatic carbocycles. The van der Waals surface area contributed by atoms with E-state index in [0.717, 1.165) is 6.42 Å². The van der Waals surface area contributed by atoms with Gasteiger partial charge in [-0.3, -0.25) is 0 Å². The third-order valence-corrected chi connectivity index (χ3v) is 5.94. The van der Waals surface area contributed by atoms with Crippen LogP contribution in [0, 0.1) is 5.92 Å². The van der Waals surface area contributed by atoms with E-state index in [1.165, 1.54) is 6.07 Å². The zero-order valence-corrected chi connectivity index (χ0v) is 13.6. The van der Waals surface area contributed by atoms with E-state index < -0.39 is 10.0 Å². The number of nitrogens with one attached hydrogen (secondary N) is 1. The van der Waals surface area contributed by atoms with E-state index >= 15 is 0 Å². The Hall–Kier alpha value is -0.470. The van der Waals surface area contributed by atoms with Gasteiger partial charge in [-0.25, -0.2) is 13.1 Å². The third kappa shape index (κ3) is 3.59. The fourth-order valence-corrected chi connectivity index (χ4v) is 4.42. The third-order valence-electron chi connectivity index (χ3n) is 3.54. The number of hydrogen-bond donors (Lipinski definition) is 2.